The Hall–Kier alpha value is -3.10. The van der Waals surface area contributed by atoms with E-state index in [2.05, 4.69) is 28.6 Å². The van der Waals surface area contributed by atoms with Crippen molar-refractivity contribution in [1.82, 2.24) is 14.7 Å². The first kappa shape index (κ1) is 15.8. The third-order valence-corrected chi connectivity index (χ3v) is 3.50. The van der Waals surface area contributed by atoms with E-state index >= 15 is 0 Å². The molecule has 0 radical (unpaired) electrons. The largest absolute Gasteiger partial charge is 0.385 e. The van der Waals surface area contributed by atoms with Crippen LogP contribution in [-0.4, -0.2) is 19.8 Å². The van der Waals surface area contributed by atoms with Gasteiger partial charge in [0.15, 0.2) is 5.76 Å². The van der Waals surface area contributed by atoms with Crippen molar-refractivity contribution in [3.63, 3.8) is 0 Å². The van der Waals surface area contributed by atoms with Gasteiger partial charge in [0.2, 0.25) is 0 Å². The Morgan fingerprint density at radius 1 is 1.38 bits per heavy atom. The van der Waals surface area contributed by atoms with Crippen LogP contribution >= 0.6 is 0 Å². The van der Waals surface area contributed by atoms with Crippen LogP contribution in [-0.2, 0) is 6.54 Å². The first-order chi connectivity index (χ1) is 11.7. The third kappa shape index (κ3) is 3.45. The number of aromatic nitrogens is 3. The lowest BCUT2D eigenvalue weighted by atomic mass is 10.1. The maximum Gasteiger partial charge on any atom is 0.167 e. The minimum Gasteiger partial charge on any atom is -0.385 e. The number of hydrogen-bond acceptors (Lipinski definition) is 4. The minimum atomic E-state index is -0.629. The van der Waals surface area contributed by atoms with E-state index in [1.807, 2.05) is 41.1 Å². The number of hydrogen-bond donors (Lipinski definition) is 1. The van der Waals surface area contributed by atoms with Gasteiger partial charge in [-0.3, -0.25) is 0 Å². The van der Waals surface area contributed by atoms with Crippen LogP contribution in [0.1, 0.15) is 30.1 Å². The predicted octanol–water partition coefficient (Wildman–Crippen LogP) is 3.18. The Kier molecular flexibility index (Phi) is 4.59. The van der Waals surface area contributed by atoms with E-state index in [1.54, 1.807) is 19.2 Å². The van der Waals surface area contributed by atoms with Crippen molar-refractivity contribution in [2.24, 2.45) is 0 Å². The topological polar surface area (TPSA) is 64.1 Å². The summed E-state index contributed by atoms with van der Waals surface area (Å²) >= 11 is 0. The standard InChI is InChI=1S/C19H17N3O2/c1-3-4-5-15-6-8-16(9-7-15)18-12-17(21-24-18)13-22-11-10-20-19(22)14(2)23/h3,6-12,14,23H,1,13H2,2H3/t14-/m0/s1. The van der Waals surface area contributed by atoms with E-state index in [0.29, 0.717) is 18.1 Å². The molecule has 0 aliphatic heterocycles. The molecule has 5 nitrogen and oxygen atoms in total. The van der Waals surface area contributed by atoms with Gasteiger partial charge in [-0.15, -0.1) is 0 Å². The average molecular weight is 319 g/mol. The highest BCUT2D eigenvalue weighted by atomic mass is 16.5. The second kappa shape index (κ2) is 6.99. The van der Waals surface area contributed by atoms with Gasteiger partial charge in [-0.1, -0.05) is 23.6 Å². The zero-order valence-electron chi connectivity index (χ0n) is 13.3. The fourth-order valence-electron chi connectivity index (χ4n) is 2.37. The highest BCUT2D eigenvalue weighted by Crippen LogP contribution is 2.21. The molecule has 0 aliphatic carbocycles. The van der Waals surface area contributed by atoms with Gasteiger partial charge in [0.25, 0.3) is 0 Å². The molecule has 24 heavy (non-hydrogen) atoms. The molecule has 0 saturated heterocycles. The van der Waals surface area contributed by atoms with Crippen LogP contribution in [0.5, 0.6) is 0 Å². The summed E-state index contributed by atoms with van der Waals surface area (Å²) < 4.78 is 7.27. The molecule has 0 aliphatic rings. The lowest BCUT2D eigenvalue weighted by Gasteiger charge is -2.07. The summed E-state index contributed by atoms with van der Waals surface area (Å²) in [6.07, 6.45) is 4.40. The molecule has 120 valence electrons. The summed E-state index contributed by atoms with van der Waals surface area (Å²) in [5, 5.41) is 13.8. The van der Waals surface area contributed by atoms with Crippen LogP contribution in [0.3, 0.4) is 0 Å². The molecule has 3 rings (SSSR count). The van der Waals surface area contributed by atoms with E-state index in [4.69, 9.17) is 4.52 Å². The Bertz CT molecular complexity index is 893. The van der Waals surface area contributed by atoms with Gasteiger partial charge in [-0.25, -0.2) is 4.98 Å². The molecule has 3 aromatic rings. The second-order valence-electron chi connectivity index (χ2n) is 5.32. The molecule has 0 fully saturated rings. The smallest absolute Gasteiger partial charge is 0.167 e. The van der Waals surface area contributed by atoms with Gasteiger partial charge in [0.1, 0.15) is 17.6 Å². The Morgan fingerprint density at radius 2 is 2.17 bits per heavy atom. The lowest BCUT2D eigenvalue weighted by molar-refractivity contribution is 0.184. The van der Waals surface area contributed by atoms with E-state index in [-0.39, 0.29) is 0 Å². The first-order valence-electron chi connectivity index (χ1n) is 7.55. The molecule has 0 bridgehead atoms. The van der Waals surface area contributed by atoms with Gasteiger partial charge in [0.05, 0.1) is 6.54 Å². The van der Waals surface area contributed by atoms with E-state index in [1.165, 1.54) is 0 Å². The van der Waals surface area contributed by atoms with Crippen LogP contribution < -0.4 is 0 Å². The quantitative estimate of drug-likeness (QED) is 0.750. The molecule has 2 aromatic heterocycles. The van der Waals surface area contributed by atoms with Crippen molar-refractivity contribution >= 4 is 0 Å². The molecule has 2 heterocycles. The third-order valence-electron chi connectivity index (χ3n) is 3.50. The monoisotopic (exact) mass is 319 g/mol. The Balaban J connectivity index is 1.78. The number of allylic oxidation sites excluding steroid dienone is 1. The first-order valence-corrected chi connectivity index (χ1v) is 7.55. The second-order valence-corrected chi connectivity index (χ2v) is 5.32. The van der Waals surface area contributed by atoms with E-state index in [9.17, 15) is 5.11 Å². The summed E-state index contributed by atoms with van der Waals surface area (Å²) in [5.41, 5.74) is 2.61. The van der Waals surface area contributed by atoms with Gasteiger partial charge >= 0.3 is 0 Å². The number of aliphatic hydroxyl groups excluding tert-OH is 1. The molecule has 1 atom stereocenters. The minimum absolute atomic E-state index is 0.493. The summed E-state index contributed by atoms with van der Waals surface area (Å²) in [6.45, 7) is 5.75. The van der Waals surface area contributed by atoms with Gasteiger partial charge in [0, 0.05) is 29.6 Å². The number of aliphatic hydroxyl groups is 1. The fourth-order valence-corrected chi connectivity index (χ4v) is 2.37. The van der Waals surface area contributed by atoms with Gasteiger partial charge in [-0.05, 0) is 37.3 Å². The van der Waals surface area contributed by atoms with Crippen LogP contribution in [0.4, 0.5) is 0 Å². The van der Waals surface area contributed by atoms with E-state index in [0.717, 1.165) is 16.8 Å². The highest BCUT2D eigenvalue weighted by Gasteiger charge is 2.12. The summed E-state index contributed by atoms with van der Waals surface area (Å²) in [5.74, 6) is 7.08. The van der Waals surface area contributed by atoms with Crippen molar-refractivity contribution in [3.8, 4) is 23.2 Å². The number of nitrogens with zero attached hydrogens (tertiary/aromatic N) is 3. The molecule has 0 unspecified atom stereocenters. The zero-order chi connectivity index (χ0) is 16.9. The summed E-state index contributed by atoms with van der Waals surface area (Å²) in [6, 6.07) is 9.62. The number of imidazole rings is 1. The van der Waals surface area contributed by atoms with Crippen molar-refractivity contribution < 1.29 is 9.63 Å². The van der Waals surface area contributed by atoms with Crippen LogP contribution in [0, 0.1) is 11.8 Å². The highest BCUT2D eigenvalue weighted by molar-refractivity contribution is 5.59. The summed E-state index contributed by atoms with van der Waals surface area (Å²) in [4.78, 5) is 4.15. The Morgan fingerprint density at radius 3 is 2.88 bits per heavy atom. The van der Waals surface area contributed by atoms with Crippen molar-refractivity contribution in [2.45, 2.75) is 19.6 Å². The van der Waals surface area contributed by atoms with Crippen LogP contribution in [0.2, 0.25) is 0 Å². The molecule has 0 amide bonds. The molecule has 1 aromatic carbocycles. The van der Waals surface area contributed by atoms with Crippen LogP contribution in [0.15, 0.2) is 59.9 Å². The van der Waals surface area contributed by atoms with Crippen LogP contribution in [0.25, 0.3) is 11.3 Å². The van der Waals surface area contributed by atoms with Gasteiger partial charge < -0.3 is 14.2 Å². The molecule has 0 saturated carbocycles. The maximum absolute atomic E-state index is 9.70. The molecular weight excluding hydrogens is 302 g/mol. The molecule has 1 N–H and O–H groups in total. The average Bonchev–Trinajstić information content (AvgIpc) is 3.23. The van der Waals surface area contributed by atoms with Crippen molar-refractivity contribution in [2.75, 3.05) is 0 Å². The molecule has 5 heteroatoms. The van der Waals surface area contributed by atoms with Crippen molar-refractivity contribution in [1.29, 1.82) is 0 Å². The normalized spacial score (nSPS) is 11.6. The maximum atomic E-state index is 9.70. The summed E-state index contributed by atoms with van der Waals surface area (Å²) in [7, 11) is 0. The molecule has 0 spiro atoms. The fraction of sp³-hybridized carbons (Fsp3) is 0.158. The predicted molar refractivity (Wildman–Crippen MR) is 91.0 cm³/mol. The number of benzene rings is 1. The van der Waals surface area contributed by atoms with E-state index < -0.39 is 6.10 Å². The number of rotatable bonds is 4. The molecular formula is C19H17N3O2. The SMILES string of the molecule is C=CC#Cc1ccc(-c2cc(Cn3ccnc3[C@H](C)O)no2)cc1. The zero-order valence-corrected chi connectivity index (χ0v) is 13.3. The Labute approximate surface area is 140 Å². The van der Waals surface area contributed by atoms with Crippen molar-refractivity contribution in [3.05, 3.63) is 72.5 Å². The van der Waals surface area contributed by atoms with Gasteiger partial charge in [-0.2, -0.15) is 0 Å². The lowest BCUT2D eigenvalue weighted by Crippen LogP contribution is -2.07.